The molecule has 1 fully saturated rings. The minimum absolute atomic E-state index is 0.117. The topological polar surface area (TPSA) is 88.3 Å². The highest BCUT2D eigenvalue weighted by molar-refractivity contribution is 5.92. The van der Waals surface area contributed by atoms with Crippen LogP contribution in [0, 0.1) is 5.92 Å². The standard InChI is InChI=1S/C12H18N4O3/c1-15-8-10(13-14-15)12(19)16-6-2-3-9(7-16)4-5-11(17)18/h8-9H,2-7H2,1H3,(H,17,18). The van der Waals surface area contributed by atoms with Crippen molar-refractivity contribution in [2.75, 3.05) is 13.1 Å². The van der Waals surface area contributed by atoms with Gasteiger partial charge >= 0.3 is 5.97 Å². The van der Waals surface area contributed by atoms with E-state index < -0.39 is 5.97 Å². The van der Waals surface area contributed by atoms with Crippen molar-refractivity contribution in [1.82, 2.24) is 19.9 Å². The van der Waals surface area contributed by atoms with Crippen LogP contribution in [0.15, 0.2) is 6.20 Å². The van der Waals surface area contributed by atoms with Crippen molar-refractivity contribution in [1.29, 1.82) is 0 Å². The minimum atomic E-state index is -0.780. The summed E-state index contributed by atoms with van der Waals surface area (Å²) >= 11 is 0. The number of carboxylic acid groups (broad SMARTS) is 1. The Morgan fingerprint density at radius 3 is 2.95 bits per heavy atom. The van der Waals surface area contributed by atoms with Gasteiger partial charge in [0.15, 0.2) is 5.69 Å². The molecule has 0 aliphatic carbocycles. The van der Waals surface area contributed by atoms with E-state index in [-0.39, 0.29) is 18.2 Å². The number of hydrogen-bond acceptors (Lipinski definition) is 4. The largest absolute Gasteiger partial charge is 0.481 e. The smallest absolute Gasteiger partial charge is 0.303 e. The molecule has 1 aliphatic heterocycles. The molecule has 2 rings (SSSR count). The van der Waals surface area contributed by atoms with Crippen LogP contribution in [-0.2, 0) is 11.8 Å². The van der Waals surface area contributed by atoms with Crippen molar-refractivity contribution in [2.24, 2.45) is 13.0 Å². The van der Waals surface area contributed by atoms with Gasteiger partial charge in [-0.05, 0) is 25.2 Å². The molecule has 1 aromatic rings. The third-order valence-corrected chi connectivity index (χ3v) is 3.39. The first kappa shape index (κ1) is 13.5. The van der Waals surface area contributed by atoms with Gasteiger partial charge in [-0.1, -0.05) is 5.21 Å². The Kier molecular flexibility index (Phi) is 4.13. The van der Waals surface area contributed by atoms with Crippen LogP contribution in [-0.4, -0.2) is 50.0 Å². The van der Waals surface area contributed by atoms with E-state index in [1.807, 2.05) is 0 Å². The van der Waals surface area contributed by atoms with Gasteiger partial charge in [0.2, 0.25) is 0 Å². The number of carbonyl (C=O) groups excluding carboxylic acids is 1. The lowest BCUT2D eigenvalue weighted by molar-refractivity contribution is -0.137. The van der Waals surface area contributed by atoms with E-state index in [1.165, 1.54) is 4.68 Å². The molecule has 1 aromatic heterocycles. The molecular weight excluding hydrogens is 248 g/mol. The second-order valence-corrected chi connectivity index (χ2v) is 4.97. The molecule has 1 saturated heterocycles. The first-order valence-corrected chi connectivity index (χ1v) is 6.43. The van der Waals surface area contributed by atoms with Crippen LogP contribution in [0.1, 0.15) is 36.2 Å². The SMILES string of the molecule is Cn1cc(C(=O)N2CCCC(CCC(=O)O)C2)nn1. The maximum Gasteiger partial charge on any atom is 0.303 e. The molecule has 1 amide bonds. The summed E-state index contributed by atoms with van der Waals surface area (Å²) in [4.78, 5) is 24.5. The van der Waals surface area contributed by atoms with Crippen LogP contribution in [0.5, 0.6) is 0 Å². The number of carbonyl (C=O) groups is 2. The highest BCUT2D eigenvalue weighted by atomic mass is 16.4. The van der Waals surface area contributed by atoms with Gasteiger partial charge in [-0.25, -0.2) is 0 Å². The fourth-order valence-corrected chi connectivity index (χ4v) is 2.42. The normalized spacial score (nSPS) is 19.4. The van der Waals surface area contributed by atoms with Crippen molar-refractivity contribution in [3.63, 3.8) is 0 Å². The summed E-state index contributed by atoms with van der Waals surface area (Å²) in [6.07, 6.45) is 4.29. The van der Waals surface area contributed by atoms with Crippen LogP contribution < -0.4 is 0 Å². The Bertz CT molecular complexity index is 471. The highest BCUT2D eigenvalue weighted by Gasteiger charge is 2.26. The van der Waals surface area contributed by atoms with Gasteiger partial charge in [-0.3, -0.25) is 14.3 Å². The Morgan fingerprint density at radius 1 is 1.53 bits per heavy atom. The molecule has 0 spiro atoms. The molecule has 1 N–H and O–H groups in total. The Labute approximate surface area is 111 Å². The van der Waals surface area contributed by atoms with Crippen molar-refractivity contribution in [2.45, 2.75) is 25.7 Å². The van der Waals surface area contributed by atoms with E-state index in [0.29, 0.717) is 25.2 Å². The number of aromatic nitrogens is 3. The van der Waals surface area contributed by atoms with Crippen LogP contribution in [0.2, 0.25) is 0 Å². The number of likely N-dealkylation sites (tertiary alicyclic amines) is 1. The zero-order valence-corrected chi connectivity index (χ0v) is 10.9. The predicted octanol–water partition coefficient (Wildman–Crippen LogP) is 0.532. The fraction of sp³-hybridized carbons (Fsp3) is 0.667. The Balaban J connectivity index is 1.93. The van der Waals surface area contributed by atoms with Crippen LogP contribution in [0.4, 0.5) is 0 Å². The van der Waals surface area contributed by atoms with Crippen molar-refractivity contribution in [3.05, 3.63) is 11.9 Å². The van der Waals surface area contributed by atoms with E-state index in [9.17, 15) is 9.59 Å². The number of aliphatic carboxylic acids is 1. The predicted molar refractivity (Wildman–Crippen MR) is 66.5 cm³/mol. The molecule has 0 radical (unpaired) electrons. The number of amides is 1. The van der Waals surface area contributed by atoms with Gasteiger partial charge in [-0.15, -0.1) is 5.10 Å². The zero-order chi connectivity index (χ0) is 13.8. The summed E-state index contributed by atoms with van der Waals surface area (Å²) in [7, 11) is 1.72. The lowest BCUT2D eigenvalue weighted by Crippen LogP contribution is -2.40. The van der Waals surface area contributed by atoms with Crippen LogP contribution >= 0.6 is 0 Å². The van der Waals surface area contributed by atoms with Gasteiger partial charge in [0.05, 0.1) is 6.20 Å². The van der Waals surface area contributed by atoms with Crippen molar-refractivity contribution in [3.8, 4) is 0 Å². The number of aryl methyl sites for hydroxylation is 1. The van der Waals surface area contributed by atoms with Crippen molar-refractivity contribution >= 4 is 11.9 Å². The van der Waals surface area contributed by atoms with E-state index >= 15 is 0 Å². The molecule has 7 nitrogen and oxygen atoms in total. The maximum absolute atomic E-state index is 12.2. The van der Waals surface area contributed by atoms with Crippen LogP contribution in [0.3, 0.4) is 0 Å². The number of nitrogens with zero attached hydrogens (tertiary/aromatic N) is 4. The third kappa shape index (κ3) is 3.52. The first-order chi connectivity index (χ1) is 9.06. The second-order valence-electron chi connectivity index (χ2n) is 4.97. The third-order valence-electron chi connectivity index (χ3n) is 3.39. The van der Waals surface area contributed by atoms with Gasteiger partial charge < -0.3 is 10.0 Å². The molecular formula is C12H18N4O3. The number of rotatable bonds is 4. The minimum Gasteiger partial charge on any atom is -0.481 e. The summed E-state index contributed by atoms with van der Waals surface area (Å²) < 4.78 is 1.50. The summed E-state index contributed by atoms with van der Waals surface area (Å²) in [5, 5.41) is 16.3. The van der Waals surface area contributed by atoms with Crippen LogP contribution in [0.25, 0.3) is 0 Å². The monoisotopic (exact) mass is 266 g/mol. The summed E-state index contributed by atoms with van der Waals surface area (Å²) in [5.74, 6) is -0.629. The summed E-state index contributed by atoms with van der Waals surface area (Å²) in [6.45, 7) is 1.32. The molecule has 0 bridgehead atoms. The molecule has 1 aliphatic rings. The maximum atomic E-state index is 12.2. The van der Waals surface area contributed by atoms with E-state index in [1.54, 1.807) is 18.1 Å². The molecule has 0 aromatic carbocycles. The van der Waals surface area contributed by atoms with Gasteiger partial charge in [0.25, 0.3) is 5.91 Å². The quantitative estimate of drug-likeness (QED) is 0.858. The number of hydrogen-bond donors (Lipinski definition) is 1. The van der Waals surface area contributed by atoms with Gasteiger partial charge in [0, 0.05) is 26.6 Å². The molecule has 7 heteroatoms. The lowest BCUT2D eigenvalue weighted by Gasteiger charge is -2.32. The molecule has 1 unspecified atom stereocenters. The Hall–Kier alpha value is -1.92. The molecule has 0 saturated carbocycles. The van der Waals surface area contributed by atoms with Crippen molar-refractivity contribution < 1.29 is 14.7 Å². The van der Waals surface area contributed by atoms with E-state index in [2.05, 4.69) is 10.3 Å². The average molecular weight is 266 g/mol. The Morgan fingerprint density at radius 2 is 2.32 bits per heavy atom. The van der Waals surface area contributed by atoms with Gasteiger partial charge in [0.1, 0.15) is 0 Å². The highest BCUT2D eigenvalue weighted by Crippen LogP contribution is 2.22. The molecule has 19 heavy (non-hydrogen) atoms. The number of piperidine rings is 1. The van der Waals surface area contributed by atoms with E-state index in [0.717, 1.165) is 12.8 Å². The summed E-state index contributed by atoms with van der Waals surface area (Å²) in [5.41, 5.74) is 0.349. The lowest BCUT2D eigenvalue weighted by atomic mass is 9.93. The first-order valence-electron chi connectivity index (χ1n) is 6.43. The fourth-order valence-electron chi connectivity index (χ4n) is 2.42. The zero-order valence-electron chi connectivity index (χ0n) is 10.9. The molecule has 1 atom stereocenters. The average Bonchev–Trinajstić information content (AvgIpc) is 2.82. The molecule has 104 valence electrons. The number of carboxylic acids is 1. The van der Waals surface area contributed by atoms with Gasteiger partial charge in [-0.2, -0.15) is 0 Å². The second kappa shape index (κ2) is 5.81. The van der Waals surface area contributed by atoms with E-state index in [4.69, 9.17) is 5.11 Å². The molecule has 2 heterocycles. The summed E-state index contributed by atoms with van der Waals surface area (Å²) in [6, 6.07) is 0.